The van der Waals surface area contributed by atoms with Crippen LogP contribution in [-0.2, 0) is 30.4 Å². The standard InChI is InChI=1S/3C20H15NO7S.Sm/c3*22-19(23)13-1-5-15(6-2-13)21(16-7-3-14(4-8-16)20(24)25)17-9-11-18(12-10-17)29(26,27)28;/h3*1-12H,(H,22,23)(H,24,25)(H,26,27,28);/q;;;+3/p-3. The first-order chi connectivity index (χ1) is 41.0. The summed E-state index contributed by atoms with van der Waals surface area (Å²) in [5.74, 6) is -6.51. The molecule has 24 nitrogen and oxygen atoms in total. The Bertz CT molecular complexity index is 3750. The number of anilines is 9. The summed E-state index contributed by atoms with van der Waals surface area (Å²) in [7, 11) is -13.8. The van der Waals surface area contributed by atoms with Crippen molar-refractivity contribution in [3.8, 4) is 0 Å². The maximum atomic E-state index is 11.2. The first-order valence-electron chi connectivity index (χ1n) is 24.6. The number of benzene rings is 9. The van der Waals surface area contributed by atoms with Crippen molar-refractivity contribution in [2.75, 3.05) is 14.7 Å². The molecule has 0 bridgehead atoms. The summed E-state index contributed by atoms with van der Waals surface area (Å²) in [6.07, 6.45) is 0. The summed E-state index contributed by atoms with van der Waals surface area (Å²) < 4.78 is 101. The predicted octanol–water partition coefficient (Wildman–Crippen LogP) is 10.4. The fourth-order valence-corrected chi connectivity index (χ4v) is 9.55. The number of aromatic carboxylic acids is 6. The van der Waals surface area contributed by atoms with E-state index >= 15 is 0 Å². The molecule has 0 saturated carbocycles. The van der Waals surface area contributed by atoms with Gasteiger partial charge in [-0.15, -0.1) is 0 Å². The van der Waals surface area contributed by atoms with Gasteiger partial charge in [0.15, 0.2) is 0 Å². The van der Waals surface area contributed by atoms with Gasteiger partial charge in [0.2, 0.25) is 0 Å². The van der Waals surface area contributed by atoms with E-state index in [2.05, 4.69) is 0 Å². The van der Waals surface area contributed by atoms with Gasteiger partial charge in [-0.1, -0.05) is 0 Å². The molecule has 0 atom stereocenters. The number of nitrogens with zero attached hydrogens (tertiary/aromatic N) is 3. The van der Waals surface area contributed by atoms with E-state index in [1.54, 1.807) is 87.5 Å². The van der Waals surface area contributed by atoms with Gasteiger partial charge in [0.25, 0.3) is 0 Å². The molecule has 0 amide bonds. The molecule has 88 heavy (non-hydrogen) atoms. The van der Waals surface area contributed by atoms with Crippen LogP contribution in [0.5, 0.6) is 0 Å². The average Bonchev–Trinajstić information content (AvgIpc) is 1.50. The number of carbonyl (C=O) groups is 6. The molecule has 0 saturated heterocycles. The maximum absolute atomic E-state index is 11.2. The Hall–Kier alpha value is -9.73. The van der Waals surface area contributed by atoms with Crippen LogP contribution >= 0.6 is 0 Å². The molecule has 447 valence electrons. The molecule has 9 aromatic carbocycles. The van der Waals surface area contributed by atoms with Gasteiger partial charge in [0.05, 0.1) is 48.1 Å². The minimum Gasteiger partial charge on any atom is -0.744 e. The Balaban J connectivity index is 0.000000209. The molecule has 28 heteroatoms. The van der Waals surface area contributed by atoms with E-state index in [0.29, 0.717) is 51.2 Å². The van der Waals surface area contributed by atoms with E-state index in [4.69, 9.17) is 30.6 Å². The minimum atomic E-state index is -4.60. The van der Waals surface area contributed by atoms with Crippen LogP contribution in [0.2, 0.25) is 0 Å². The number of carboxylic acid groups (broad SMARTS) is 6. The van der Waals surface area contributed by atoms with Gasteiger partial charge >= 0.3 is 76.2 Å². The quantitative estimate of drug-likeness (QED) is 0.0435. The van der Waals surface area contributed by atoms with Crippen molar-refractivity contribution >= 4 is 117 Å². The molecule has 0 aliphatic heterocycles. The summed E-state index contributed by atoms with van der Waals surface area (Å²) in [5, 5.41) is 54.5. The molecule has 0 fully saturated rings. The van der Waals surface area contributed by atoms with E-state index in [1.807, 2.05) is 0 Å². The Morgan fingerprint density at radius 3 is 0.420 bits per heavy atom. The number of carboxylic acids is 6. The molecule has 0 unspecified atom stereocenters. The second-order valence-electron chi connectivity index (χ2n) is 18.0. The van der Waals surface area contributed by atoms with Crippen LogP contribution in [-0.4, -0.2) is 105 Å². The van der Waals surface area contributed by atoms with Crippen molar-refractivity contribution in [1.29, 1.82) is 0 Å². The molecular weight excluding hydrogens is 1350 g/mol. The van der Waals surface area contributed by atoms with Gasteiger partial charge in [-0.2, -0.15) is 0 Å². The van der Waals surface area contributed by atoms with Gasteiger partial charge in [0, 0.05) is 51.2 Å². The monoisotopic (exact) mass is 1390 g/mol. The van der Waals surface area contributed by atoms with Crippen LogP contribution in [0, 0.1) is 40.4 Å². The molecule has 6 N–H and O–H groups in total. The maximum Gasteiger partial charge on any atom is 3.00 e. The summed E-state index contributed by atoms with van der Waals surface area (Å²) in [6, 6.07) is 51.3. The summed E-state index contributed by atoms with van der Waals surface area (Å²) in [6.45, 7) is 0. The fourth-order valence-electron chi connectivity index (χ4n) is 8.15. The van der Waals surface area contributed by atoms with Gasteiger partial charge in [0.1, 0.15) is 30.4 Å². The van der Waals surface area contributed by atoms with Crippen molar-refractivity contribution < 1.29 is 139 Å². The summed E-state index contributed by atoms with van der Waals surface area (Å²) >= 11 is 0. The third-order valence-corrected chi connectivity index (χ3v) is 14.9. The molecule has 9 rings (SSSR count). The SMILES string of the molecule is O=C(O)c1ccc(N(c2ccc(C(=O)O)cc2)c2ccc(S(=O)(=O)[O-])cc2)cc1.O=C(O)c1ccc(N(c2ccc(C(=O)O)cc2)c2ccc(S(=O)(=O)[O-])cc2)cc1.O=C(O)c1ccc(N(c2ccc(C(=O)O)cc2)c2ccc(S(=O)(=O)[O-])cc2)cc1.[Sm+3]. The van der Waals surface area contributed by atoms with Crippen LogP contribution in [0.3, 0.4) is 0 Å². The van der Waals surface area contributed by atoms with Gasteiger partial charge in [-0.3, -0.25) is 0 Å². The van der Waals surface area contributed by atoms with Crippen LogP contribution in [0.15, 0.2) is 233 Å². The van der Waals surface area contributed by atoms with Crippen molar-refractivity contribution in [2.24, 2.45) is 0 Å². The molecule has 1 radical (unpaired) electrons. The Labute approximate surface area is 533 Å². The normalized spacial score (nSPS) is 10.9. The molecule has 0 aliphatic rings. The van der Waals surface area contributed by atoms with E-state index in [1.165, 1.54) is 146 Å². The third-order valence-electron chi connectivity index (χ3n) is 12.4. The Kier molecular flexibility index (Phi) is 21.9. The van der Waals surface area contributed by atoms with Crippen LogP contribution in [0.1, 0.15) is 62.1 Å². The molecule has 0 aromatic heterocycles. The second kappa shape index (κ2) is 28.6. The van der Waals surface area contributed by atoms with E-state index < -0.39 is 66.2 Å². The van der Waals surface area contributed by atoms with E-state index in [-0.39, 0.29) is 88.5 Å². The summed E-state index contributed by atoms with van der Waals surface area (Å²) in [5.41, 5.74) is 5.29. The molecular formula is C60H42N3O21S3Sm. The Morgan fingerprint density at radius 2 is 0.330 bits per heavy atom. The Morgan fingerprint density at radius 1 is 0.227 bits per heavy atom. The molecule has 9 aromatic rings. The van der Waals surface area contributed by atoms with Crippen molar-refractivity contribution in [3.05, 3.63) is 252 Å². The zero-order chi connectivity index (χ0) is 63.5. The van der Waals surface area contributed by atoms with E-state index in [0.717, 1.165) is 0 Å². The third kappa shape index (κ3) is 17.2. The molecule has 0 aliphatic carbocycles. The van der Waals surface area contributed by atoms with Crippen LogP contribution in [0.25, 0.3) is 0 Å². The second-order valence-corrected chi connectivity index (χ2v) is 22.1. The van der Waals surface area contributed by atoms with Crippen molar-refractivity contribution in [1.82, 2.24) is 0 Å². The van der Waals surface area contributed by atoms with Crippen molar-refractivity contribution in [3.63, 3.8) is 0 Å². The zero-order valence-electron chi connectivity index (χ0n) is 44.6. The fraction of sp³-hybridized carbons (Fsp3) is 0. The first-order valence-corrected chi connectivity index (χ1v) is 28.8. The topological polar surface area (TPSA) is 405 Å². The predicted molar refractivity (Wildman–Crippen MR) is 309 cm³/mol. The van der Waals surface area contributed by atoms with Crippen LogP contribution < -0.4 is 14.7 Å². The smallest absolute Gasteiger partial charge is 0.744 e. The number of hydrogen-bond donors (Lipinski definition) is 6. The van der Waals surface area contributed by atoms with Crippen molar-refractivity contribution in [2.45, 2.75) is 14.7 Å². The molecule has 0 spiro atoms. The van der Waals surface area contributed by atoms with E-state index in [9.17, 15) is 67.7 Å². The summed E-state index contributed by atoms with van der Waals surface area (Å²) in [4.78, 5) is 70.4. The van der Waals surface area contributed by atoms with Gasteiger partial charge in [-0.25, -0.2) is 54.0 Å². The first kappa shape index (κ1) is 67.4. The number of hydrogen-bond acceptors (Lipinski definition) is 18. The average molecular weight is 1390 g/mol. The van der Waals surface area contributed by atoms with Gasteiger partial charge in [-0.05, 0) is 218 Å². The number of rotatable bonds is 18. The zero-order valence-corrected chi connectivity index (χ0v) is 49.6. The minimum absolute atomic E-state index is 0. The largest absolute Gasteiger partial charge is 3.00 e. The van der Waals surface area contributed by atoms with Gasteiger partial charge < -0.3 is 59.0 Å². The molecule has 0 heterocycles. The van der Waals surface area contributed by atoms with Crippen LogP contribution in [0.4, 0.5) is 51.2 Å².